The third-order valence-corrected chi connectivity index (χ3v) is 4.18. The molecule has 0 aliphatic heterocycles. The molecule has 1 N–H and O–H groups in total. The van der Waals surface area contributed by atoms with Gasteiger partial charge in [-0.25, -0.2) is 0 Å². The van der Waals surface area contributed by atoms with E-state index < -0.39 is 5.60 Å². The average Bonchev–Trinajstić information content (AvgIpc) is 2.60. The summed E-state index contributed by atoms with van der Waals surface area (Å²) in [4.78, 5) is 0. The molecule has 1 aromatic carbocycles. The average molecular weight is 283 g/mol. The summed E-state index contributed by atoms with van der Waals surface area (Å²) in [5.74, 6) is 0.720. The summed E-state index contributed by atoms with van der Waals surface area (Å²) >= 11 is 3.47. The van der Waals surface area contributed by atoms with Gasteiger partial charge in [0.05, 0.1) is 5.60 Å². The van der Waals surface area contributed by atoms with E-state index in [1.54, 1.807) is 0 Å². The van der Waals surface area contributed by atoms with Crippen molar-refractivity contribution in [1.29, 1.82) is 0 Å². The Morgan fingerprint density at radius 3 is 2.94 bits per heavy atom. The molecule has 0 radical (unpaired) electrons. The molecule has 1 aliphatic carbocycles. The predicted octanol–water partition coefficient (Wildman–Crippen LogP) is 3.93. The first kappa shape index (κ1) is 12.1. The second-order valence-corrected chi connectivity index (χ2v) is 5.96. The van der Waals surface area contributed by atoms with Gasteiger partial charge in [-0.15, -0.1) is 0 Å². The number of hydrogen-bond donors (Lipinski definition) is 1. The zero-order valence-corrected chi connectivity index (χ0v) is 11.3. The Balaban J connectivity index is 2.04. The minimum Gasteiger partial charge on any atom is -0.390 e. The van der Waals surface area contributed by atoms with Crippen molar-refractivity contribution in [1.82, 2.24) is 0 Å². The van der Waals surface area contributed by atoms with Crippen LogP contribution in [-0.4, -0.2) is 10.7 Å². The first-order valence-corrected chi connectivity index (χ1v) is 6.87. The van der Waals surface area contributed by atoms with Crippen molar-refractivity contribution in [3.8, 4) is 0 Å². The predicted molar refractivity (Wildman–Crippen MR) is 70.4 cm³/mol. The maximum atomic E-state index is 10.5. The van der Waals surface area contributed by atoms with E-state index in [2.05, 4.69) is 35.0 Å². The summed E-state index contributed by atoms with van der Waals surface area (Å²) in [6.07, 6.45) is 5.10. The summed E-state index contributed by atoms with van der Waals surface area (Å²) in [7, 11) is 0. The van der Waals surface area contributed by atoms with Crippen molar-refractivity contribution in [2.75, 3.05) is 0 Å². The molecule has 0 amide bonds. The lowest BCUT2D eigenvalue weighted by Crippen LogP contribution is -2.27. The summed E-state index contributed by atoms with van der Waals surface area (Å²) in [6, 6.07) is 8.27. The van der Waals surface area contributed by atoms with Crippen LogP contribution in [0.15, 0.2) is 28.7 Å². The third kappa shape index (κ3) is 2.86. The van der Waals surface area contributed by atoms with Gasteiger partial charge in [0.1, 0.15) is 0 Å². The molecule has 0 saturated heterocycles. The maximum absolute atomic E-state index is 10.5. The summed E-state index contributed by atoms with van der Waals surface area (Å²) < 4.78 is 1.10. The molecular formula is C14H19BrO. The Bertz CT molecular complexity index is 364. The second kappa shape index (κ2) is 4.89. The van der Waals surface area contributed by atoms with Gasteiger partial charge in [-0.2, -0.15) is 0 Å². The molecule has 1 saturated carbocycles. The van der Waals surface area contributed by atoms with Crippen molar-refractivity contribution in [2.24, 2.45) is 5.92 Å². The largest absolute Gasteiger partial charge is 0.390 e. The Morgan fingerprint density at radius 1 is 1.50 bits per heavy atom. The van der Waals surface area contributed by atoms with E-state index in [1.807, 2.05) is 12.1 Å². The van der Waals surface area contributed by atoms with Crippen LogP contribution in [0.25, 0.3) is 0 Å². The van der Waals surface area contributed by atoms with Gasteiger partial charge in [0, 0.05) is 10.9 Å². The molecule has 1 aromatic rings. The number of halogens is 1. The highest BCUT2D eigenvalue weighted by Gasteiger charge is 2.36. The SMILES string of the molecule is CCC1CCC(O)(Cc2cccc(Br)c2)C1. The summed E-state index contributed by atoms with van der Waals surface area (Å²) in [5.41, 5.74) is 0.773. The van der Waals surface area contributed by atoms with Gasteiger partial charge in [0.25, 0.3) is 0 Å². The summed E-state index contributed by atoms with van der Waals surface area (Å²) in [5, 5.41) is 10.5. The van der Waals surface area contributed by atoms with E-state index in [-0.39, 0.29) is 0 Å². The number of hydrogen-bond acceptors (Lipinski definition) is 1. The maximum Gasteiger partial charge on any atom is 0.0690 e. The molecule has 2 heteroatoms. The highest BCUT2D eigenvalue weighted by Crippen LogP contribution is 2.38. The lowest BCUT2D eigenvalue weighted by atomic mass is 9.91. The van der Waals surface area contributed by atoms with Crippen LogP contribution < -0.4 is 0 Å². The number of aliphatic hydroxyl groups is 1. The molecule has 0 aromatic heterocycles. The van der Waals surface area contributed by atoms with Crippen molar-refractivity contribution in [3.05, 3.63) is 34.3 Å². The highest BCUT2D eigenvalue weighted by molar-refractivity contribution is 9.10. The van der Waals surface area contributed by atoms with Gasteiger partial charge < -0.3 is 5.11 Å². The minimum atomic E-state index is -0.457. The molecule has 2 unspecified atom stereocenters. The van der Waals surface area contributed by atoms with E-state index in [9.17, 15) is 5.11 Å². The monoisotopic (exact) mass is 282 g/mol. The normalized spacial score (nSPS) is 29.6. The van der Waals surface area contributed by atoms with Crippen molar-refractivity contribution in [3.63, 3.8) is 0 Å². The second-order valence-electron chi connectivity index (χ2n) is 5.05. The van der Waals surface area contributed by atoms with E-state index in [1.165, 1.54) is 18.4 Å². The van der Waals surface area contributed by atoms with Gasteiger partial charge in [-0.1, -0.05) is 41.4 Å². The van der Waals surface area contributed by atoms with Gasteiger partial charge in [-0.3, -0.25) is 0 Å². The molecule has 1 fully saturated rings. The Kier molecular flexibility index (Phi) is 3.70. The third-order valence-electron chi connectivity index (χ3n) is 3.69. The molecule has 2 atom stereocenters. The van der Waals surface area contributed by atoms with E-state index in [0.717, 1.165) is 29.7 Å². The lowest BCUT2D eigenvalue weighted by molar-refractivity contribution is 0.0436. The van der Waals surface area contributed by atoms with E-state index >= 15 is 0 Å². The zero-order valence-electron chi connectivity index (χ0n) is 9.75. The minimum absolute atomic E-state index is 0.457. The lowest BCUT2D eigenvalue weighted by Gasteiger charge is -2.23. The van der Waals surface area contributed by atoms with Crippen molar-refractivity contribution >= 4 is 15.9 Å². The van der Waals surface area contributed by atoms with Crippen LogP contribution in [-0.2, 0) is 6.42 Å². The first-order chi connectivity index (χ1) is 7.61. The van der Waals surface area contributed by atoms with Gasteiger partial charge >= 0.3 is 0 Å². The Hall–Kier alpha value is -0.340. The molecule has 0 heterocycles. The quantitative estimate of drug-likeness (QED) is 0.891. The van der Waals surface area contributed by atoms with Crippen LogP contribution in [0.5, 0.6) is 0 Å². The van der Waals surface area contributed by atoms with Gasteiger partial charge in [0.2, 0.25) is 0 Å². The van der Waals surface area contributed by atoms with Gasteiger partial charge in [0.15, 0.2) is 0 Å². The van der Waals surface area contributed by atoms with Crippen LogP contribution >= 0.6 is 15.9 Å². The molecule has 0 spiro atoms. The fraction of sp³-hybridized carbons (Fsp3) is 0.571. The Morgan fingerprint density at radius 2 is 2.31 bits per heavy atom. The highest BCUT2D eigenvalue weighted by atomic mass is 79.9. The fourth-order valence-corrected chi connectivity index (χ4v) is 3.20. The summed E-state index contributed by atoms with van der Waals surface area (Å²) in [6.45, 7) is 2.22. The molecule has 2 rings (SSSR count). The molecule has 88 valence electrons. The van der Waals surface area contributed by atoms with E-state index in [4.69, 9.17) is 0 Å². The molecule has 1 aliphatic rings. The standard InChI is InChI=1S/C14H19BrO/c1-2-11-6-7-14(16,9-11)10-12-4-3-5-13(15)8-12/h3-5,8,11,16H,2,6-7,9-10H2,1H3. The van der Waals surface area contributed by atoms with Crippen LogP contribution in [0.4, 0.5) is 0 Å². The van der Waals surface area contributed by atoms with E-state index in [0.29, 0.717) is 0 Å². The molecule has 0 bridgehead atoms. The number of benzene rings is 1. The van der Waals surface area contributed by atoms with Crippen LogP contribution in [0.3, 0.4) is 0 Å². The molecule has 1 nitrogen and oxygen atoms in total. The van der Waals surface area contributed by atoms with Crippen LogP contribution in [0.2, 0.25) is 0 Å². The molecule has 16 heavy (non-hydrogen) atoms. The van der Waals surface area contributed by atoms with Crippen LogP contribution in [0.1, 0.15) is 38.2 Å². The van der Waals surface area contributed by atoms with Crippen molar-refractivity contribution < 1.29 is 5.11 Å². The first-order valence-electron chi connectivity index (χ1n) is 6.08. The topological polar surface area (TPSA) is 20.2 Å². The smallest absolute Gasteiger partial charge is 0.0690 e. The van der Waals surface area contributed by atoms with Crippen LogP contribution in [0, 0.1) is 5.92 Å². The molecular weight excluding hydrogens is 264 g/mol. The fourth-order valence-electron chi connectivity index (χ4n) is 2.75. The number of rotatable bonds is 3. The Labute approximate surface area is 106 Å². The zero-order chi connectivity index (χ0) is 11.6. The van der Waals surface area contributed by atoms with Gasteiger partial charge in [-0.05, 0) is 42.9 Å². The van der Waals surface area contributed by atoms with Crippen molar-refractivity contribution in [2.45, 2.75) is 44.6 Å².